The minimum absolute atomic E-state index is 0.150. The number of amides is 1. The van der Waals surface area contributed by atoms with Gasteiger partial charge in [-0.15, -0.1) is 11.3 Å². The van der Waals surface area contributed by atoms with E-state index in [4.69, 9.17) is 4.74 Å². The van der Waals surface area contributed by atoms with Gasteiger partial charge in [-0.05, 0) is 30.3 Å². The smallest absolute Gasteiger partial charge is 0.255 e. The summed E-state index contributed by atoms with van der Waals surface area (Å²) in [6.45, 7) is 0.332. The molecule has 2 aromatic carbocycles. The third-order valence-corrected chi connectivity index (χ3v) is 4.78. The van der Waals surface area contributed by atoms with Crippen LogP contribution in [0.1, 0.15) is 27.0 Å². The number of rotatable bonds is 4. The normalized spacial score (nSPS) is 15.7. The fraction of sp³-hybridized carbons (Fsp3) is 0.105. The molecular formula is C19H13N3O2S. The Morgan fingerprint density at radius 2 is 2.04 bits per heavy atom. The van der Waals surface area contributed by atoms with Crippen molar-refractivity contribution >= 4 is 17.2 Å². The molecule has 122 valence electrons. The monoisotopic (exact) mass is 347 g/mol. The Hall–Kier alpha value is -3.17. The first-order valence-corrected chi connectivity index (χ1v) is 8.60. The standard InChI is InChI=1S/C19H13N3O2S/c20-11-17-16-10-14(24-13-4-2-1-3-5-13)6-7-15(16)19(23)22(17)12-18-21-8-9-25-18/h1-10,17H,12H2. The van der Waals surface area contributed by atoms with Crippen LogP contribution in [0.4, 0.5) is 0 Å². The van der Waals surface area contributed by atoms with Gasteiger partial charge in [-0.3, -0.25) is 4.79 Å². The molecule has 0 spiro atoms. The van der Waals surface area contributed by atoms with Gasteiger partial charge in [0.25, 0.3) is 5.91 Å². The largest absolute Gasteiger partial charge is 0.457 e. The van der Waals surface area contributed by atoms with Crippen molar-refractivity contribution in [2.75, 3.05) is 0 Å². The third kappa shape index (κ3) is 2.86. The van der Waals surface area contributed by atoms with Crippen LogP contribution in [0.3, 0.4) is 0 Å². The van der Waals surface area contributed by atoms with Gasteiger partial charge in [-0.25, -0.2) is 4.98 Å². The van der Waals surface area contributed by atoms with Crippen LogP contribution >= 0.6 is 11.3 Å². The van der Waals surface area contributed by atoms with Crippen molar-refractivity contribution < 1.29 is 9.53 Å². The topological polar surface area (TPSA) is 66.2 Å². The molecule has 5 nitrogen and oxygen atoms in total. The van der Waals surface area contributed by atoms with Crippen LogP contribution in [0.2, 0.25) is 0 Å². The number of aromatic nitrogens is 1. The van der Waals surface area contributed by atoms with Crippen molar-refractivity contribution in [1.82, 2.24) is 9.88 Å². The van der Waals surface area contributed by atoms with Crippen LogP contribution in [0.5, 0.6) is 11.5 Å². The molecule has 0 N–H and O–H groups in total. The number of thiazole rings is 1. The fourth-order valence-electron chi connectivity index (χ4n) is 2.87. The van der Waals surface area contributed by atoms with E-state index < -0.39 is 6.04 Å². The summed E-state index contributed by atoms with van der Waals surface area (Å²) in [5.41, 5.74) is 1.22. The first-order chi connectivity index (χ1) is 12.3. The Bertz CT molecular complexity index is 949. The van der Waals surface area contributed by atoms with Crippen LogP contribution < -0.4 is 4.74 Å². The average molecular weight is 347 g/mol. The van der Waals surface area contributed by atoms with Crippen LogP contribution in [0, 0.1) is 11.3 Å². The molecule has 1 aliphatic heterocycles. The van der Waals surface area contributed by atoms with E-state index in [9.17, 15) is 10.1 Å². The van der Waals surface area contributed by atoms with Gasteiger partial charge in [0.15, 0.2) is 0 Å². The van der Waals surface area contributed by atoms with Crippen molar-refractivity contribution in [1.29, 1.82) is 5.26 Å². The summed E-state index contributed by atoms with van der Waals surface area (Å²) in [5, 5.41) is 12.3. The highest BCUT2D eigenvalue weighted by Crippen LogP contribution is 2.37. The zero-order chi connectivity index (χ0) is 17.2. The average Bonchev–Trinajstić information content (AvgIpc) is 3.23. The number of nitrogens with zero attached hydrogens (tertiary/aromatic N) is 3. The lowest BCUT2D eigenvalue weighted by Crippen LogP contribution is -2.26. The van der Waals surface area contributed by atoms with E-state index in [2.05, 4.69) is 11.1 Å². The van der Waals surface area contributed by atoms with Gasteiger partial charge in [-0.1, -0.05) is 18.2 Å². The summed E-state index contributed by atoms with van der Waals surface area (Å²) in [6, 6.07) is 16.3. The fourth-order valence-corrected chi connectivity index (χ4v) is 3.48. The minimum atomic E-state index is -0.634. The third-order valence-electron chi connectivity index (χ3n) is 4.01. The molecule has 0 fully saturated rings. The zero-order valence-electron chi connectivity index (χ0n) is 13.1. The second-order valence-electron chi connectivity index (χ2n) is 5.55. The van der Waals surface area contributed by atoms with E-state index in [0.29, 0.717) is 29.2 Å². The molecule has 0 radical (unpaired) electrons. The minimum Gasteiger partial charge on any atom is -0.457 e. The molecule has 1 unspecified atom stereocenters. The Morgan fingerprint density at radius 3 is 2.76 bits per heavy atom. The number of carbonyl (C=O) groups excluding carboxylic acids is 1. The lowest BCUT2D eigenvalue weighted by molar-refractivity contribution is 0.0744. The van der Waals surface area contributed by atoms with Gasteiger partial charge in [0.1, 0.15) is 22.5 Å². The van der Waals surface area contributed by atoms with Crippen molar-refractivity contribution in [2.24, 2.45) is 0 Å². The molecule has 1 aliphatic rings. The Kier molecular flexibility index (Phi) is 3.92. The van der Waals surface area contributed by atoms with Gasteiger partial charge in [0.2, 0.25) is 0 Å². The van der Waals surface area contributed by atoms with Crippen molar-refractivity contribution in [3.8, 4) is 17.6 Å². The van der Waals surface area contributed by atoms with Gasteiger partial charge in [0, 0.05) is 22.7 Å². The van der Waals surface area contributed by atoms with Crippen LogP contribution in [0.15, 0.2) is 60.1 Å². The highest BCUT2D eigenvalue weighted by atomic mass is 32.1. The van der Waals surface area contributed by atoms with E-state index in [1.54, 1.807) is 29.3 Å². The van der Waals surface area contributed by atoms with Gasteiger partial charge >= 0.3 is 0 Å². The van der Waals surface area contributed by atoms with Crippen molar-refractivity contribution in [3.63, 3.8) is 0 Å². The van der Waals surface area contributed by atoms with Gasteiger partial charge in [0.05, 0.1) is 12.6 Å². The highest BCUT2D eigenvalue weighted by Gasteiger charge is 2.37. The number of hydrogen-bond donors (Lipinski definition) is 0. The molecule has 4 rings (SSSR count). The summed E-state index contributed by atoms with van der Waals surface area (Å²) in [4.78, 5) is 18.4. The number of fused-ring (bicyclic) bond motifs is 1. The maximum Gasteiger partial charge on any atom is 0.255 e. The van der Waals surface area contributed by atoms with Crippen LogP contribution in [-0.2, 0) is 6.54 Å². The predicted octanol–water partition coefficient (Wildman–Crippen LogP) is 4.16. The SMILES string of the molecule is N#CC1c2cc(Oc3ccccc3)ccc2C(=O)N1Cc1nccs1. The quantitative estimate of drug-likeness (QED) is 0.711. The molecule has 3 aromatic rings. The lowest BCUT2D eigenvalue weighted by Gasteiger charge is -2.18. The molecular weight excluding hydrogens is 334 g/mol. The number of hydrogen-bond acceptors (Lipinski definition) is 5. The molecule has 0 saturated heterocycles. The van der Waals surface area contributed by atoms with Crippen LogP contribution in [0.25, 0.3) is 0 Å². The second-order valence-corrected chi connectivity index (χ2v) is 6.53. The zero-order valence-corrected chi connectivity index (χ0v) is 13.9. The molecule has 1 atom stereocenters. The summed E-state index contributed by atoms with van der Waals surface area (Å²) in [5.74, 6) is 1.16. The van der Waals surface area contributed by atoms with E-state index >= 15 is 0 Å². The Morgan fingerprint density at radius 1 is 1.20 bits per heavy atom. The number of ether oxygens (including phenoxy) is 1. The molecule has 6 heteroatoms. The van der Waals surface area contributed by atoms with Crippen molar-refractivity contribution in [3.05, 3.63) is 76.2 Å². The summed E-state index contributed by atoms with van der Waals surface area (Å²) in [6.07, 6.45) is 1.70. The highest BCUT2D eigenvalue weighted by molar-refractivity contribution is 7.09. The van der Waals surface area contributed by atoms with Crippen LogP contribution in [-0.4, -0.2) is 15.8 Å². The summed E-state index contributed by atoms with van der Waals surface area (Å²) >= 11 is 1.47. The number of nitriles is 1. The first-order valence-electron chi connectivity index (χ1n) is 7.72. The van der Waals surface area contributed by atoms with E-state index in [1.807, 2.05) is 35.7 Å². The number of benzene rings is 2. The molecule has 0 bridgehead atoms. The molecule has 1 aromatic heterocycles. The van der Waals surface area contributed by atoms with Gasteiger partial charge < -0.3 is 9.64 Å². The van der Waals surface area contributed by atoms with Crippen molar-refractivity contribution in [2.45, 2.75) is 12.6 Å². The Balaban J connectivity index is 1.64. The maximum absolute atomic E-state index is 12.7. The molecule has 2 heterocycles. The van der Waals surface area contributed by atoms with E-state index in [0.717, 1.165) is 5.01 Å². The number of para-hydroxylation sites is 1. The first kappa shape index (κ1) is 15.4. The molecule has 25 heavy (non-hydrogen) atoms. The lowest BCUT2D eigenvalue weighted by atomic mass is 10.1. The van der Waals surface area contributed by atoms with E-state index in [-0.39, 0.29) is 5.91 Å². The predicted molar refractivity (Wildman–Crippen MR) is 93.3 cm³/mol. The molecule has 1 amide bonds. The Labute approximate surface area is 148 Å². The van der Waals surface area contributed by atoms with E-state index in [1.165, 1.54) is 11.3 Å². The second kappa shape index (κ2) is 6.38. The summed E-state index contributed by atoms with van der Waals surface area (Å²) in [7, 11) is 0. The van der Waals surface area contributed by atoms with Gasteiger partial charge in [-0.2, -0.15) is 5.26 Å². The maximum atomic E-state index is 12.7. The molecule has 0 saturated carbocycles. The molecule has 0 aliphatic carbocycles. The number of carbonyl (C=O) groups is 1. The summed E-state index contributed by atoms with van der Waals surface area (Å²) < 4.78 is 5.82.